The third-order valence-electron chi connectivity index (χ3n) is 5.02. The summed E-state index contributed by atoms with van der Waals surface area (Å²) in [7, 11) is 0. The molecule has 2 atom stereocenters. The van der Waals surface area contributed by atoms with Crippen LogP contribution in [0.15, 0.2) is 18.2 Å². The van der Waals surface area contributed by atoms with Crippen LogP contribution in [0.1, 0.15) is 51.2 Å². The number of aryl methyl sites for hydroxylation is 1. The van der Waals surface area contributed by atoms with Crippen LogP contribution >= 0.6 is 11.6 Å². The van der Waals surface area contributed by atoms with Gasteiger partial charge in [-0.2, -0.15) is 0 Å². The van der Waals surface area contributed by atoms with Crippen LogP contribution in [0.4, 0.5) is 0 Å². The molecule has 2 unspecified atom stereocenters. The van der Waals surface area contributed by atoms with Gasteiger partial charge in [0.05, 0.1) is 0 Å². The predicted molar refractivity (Wildman–Crippen MR) is 93.0 cm³/mol. The molecule has 1 N–H and O–H groups in total. The molecule has 1 saturated carbocycles. The van der Waals surface area contributed by atoms with Crippen molar-refractivity contribution in [3.63, 3.8) is 0 Å². The van der Waals surface area contributed by atoms with Gasteiger partial charge in [0.25, 0.3) is 0 Å². The zero-order valence-corrected chi connectivity index (χ0v) is 14.8. The van der Waals surface area contributed by atoms with E-state index >= 15 is 0 Å². The summed E-state index contributed by atoms with van der Waals surface area (Å²) < 4.78 is 0. The largest absolute Gasteiger partial charge is 0.317 e. The van der Waals surface area contributed by atoms with Crippen molar-refractivity contribution in [2.45, 2.75) is 53.4 Å². The highest BCUT2D eigenvalue weighted by Gasteiger charge is 2.34. The minimum Gasteiger partial charge on any atom is -0.317 e. The molecule has 118 valence electrons. The molecule has 0 amide bonds. The van der Waals surface area contributed by atoms with Crippen LogP contribution in [0, 0.1) is 24.2 Å². The van der Waals surface area contributed by atoms with Gasteiger partial charge in [0.2, 0.25) is 0 Å². The summed E-state index contributed by atoms with van der Waals surface area (Å²) in [6, 6.07) is 6.52. The van der Waals surface area contributed by atoms with Crippen molar-refractivity contribution in [2.24, 2.45) is 17.3 Å². The van der Waals surface area contributed by atoms with E-state index in [1.165, 1.54) is 30.4 Å². The molecule has 2 rings (SSSR count). The fourth-order valence-electron chi connectivity index (χ4n) is 3.73. The summed E-state index contributed by atoms with van der Waals surface area (Å²) in [5.74, 6) is 1.53. The SMILES string of the molecule is CCNCC1CCC(C)(C)CC1Cc1ccc(C)cc1Cl. The Labute approximate surface area is 135 Å². The normalized spacial score (nSPS) is 25.0. The summed E-state index contributed by atoms with van der Waals surface area (Å²) >= 11 is 6.46. The molecule has 1 nitrogen and oxygen atoms in total. The van der Waals surface area contributed by atoms with Crippen molar-refractivity contribution in [2.75, 3.05) is 13.1 Å². The summed E-state index contributed by atoms with van der Waals surface area (Å²) in [6.45, 7) is 11.4. The fraction of sp³-hybridized carbons (Fsp3) is 0.684. The number of nitrogens with one attached hydrogen (secondary N) is 1. The molecule has 1 aliphatic rings. The third-order valence-corrected chi connectivity index (χ3v) is 5.37. The van der Waals surface area contributed by atoms with Gasteiger partial charge in [0.1, 0.15) is 0 Å². The maximum Gasteiger partial charge on any atom is 0.0440 e. The molecule has 0 radical (unpaired) electrons. The quantitative estimate of drug-likeness (QED) is 0.784. The molecule has 0 aromatic heterocycles. The second-order valence-corrected chi connectivity index (χ2v) is 7.94. The van der Waals surface area contributed by atoms with E-state index in [1.807, 2.05) is 0 Å². The highest BCUT2D eigenvalue weighted by molar-refractivity contribution is 6.31. The first-order valence-electron chi connectivity index (χ1n) is 8.37. The van der Waals surface area contributed by atoms with E-state index in [2.05, 4.69) is 51.2 Å². The van der Waals surface area contributed by atoms with Crippen molar-refractivity contribution in [1.29, 1.82) is 0 Å². The molecular weight excluding hydrogens is 278 g/mol. The fourth-order valence-corrected chi connectivity index (χ4v) is 4.04. The number of benzene rings is 1. The van der Waals surface area contributed by atoms with Gasteiger partial charge in [-0.15, -0.1) is 0 Å². The first kappa shape index (κ1) is 16.8. The molecule has 1 aliphatic carbocycles. The van der Waals surface area contributed by atoms with Crippen LogP contribution in [0.25, 0.3) is 0 Å². The Morgan fingerprint density at radius 1 is 1.29 bits per heavy atom. The highest BCUT2D eigenvalue weighted by atomic mass is 35.5. The molecule has 2 heteroatoms. The Morgan fingerprint density at radius 3 is 2.71 bits per heavy atom. The van der Waals surface area contributed by atoms with Crippen molar-refractivity contribution < 1.29 is 0 Å². The molecule has 1 fully saturated rings. The van der Waals surface area contributed by atoms with Crippen molar-refractivity contribution in [3.8, 4) is 0 Å². The van der Waals surface area contributed by atoms with E-state index in [0.717, 1.165) is 36.4 Å². The standard InChI is InChI=1S/C19H30ClN/c1-5-21-13-16-8-9-19(3,4)12-17(16)11-15-7-6-14(2)10-18(15)20/h6-7,10,16-17,21H,5,8-9,11-13H2,1-4H3. The monoisotopic (exact) mass is 307 g/mol. The molecule has 0 bridgehead atoms. The summed E-state index contributed by atoms with van der Waals surface area (Å²) in [4.78, 5) is 0. The number of hydrogen-bond donors (Lipinski definition) is 1. The van der Waals surface area contributed by atoms with Crippen LogP contribution in [0.5, 0.6) is 0 Å². The van der Waals surface area contributed by atoms with Gasteiger partial charge >= 0.3 is 0 Å². The number of rotatable bonds is 5. The minimum absolute atomic E-state index is 0.477. The second-order valence-electron chi connectivity index (χ2n) is 7.53. The van der Waals surface area contributed by atoms with E-state index in [1.54, 1.807) is 0 Å². The van der Waals surface area contributed by atoms with Gasteiger partial charge < -0.3 is 5.32 Å². The van der Waals surface area contributed by atoms with Gasteiger partial charge in [-0.3, -0.25) is 0 Å². The molecule has 0 heterocycles. The van der Waals surface area contributed by atoms with Crippen molar-refractivity contribution >= 4 is 11.6 Å². The topological polar surface area (TPSA) is 12.0 Å². The van der Waals surface area contributed by atoms with Crippen LogP contribution in [-0.2, 0) is 6.42 Å². The van der Waals surface area contributed by atoms with E-state index < -0.39 is 0 Å². The van der Waals surface area contributed by atoms with Gasteiger partial charge in [-0.1, -0.05) is 44.5 Å². The zero-order chi connectivity index (χ0) is 15.5. The lowest BCUT2D eigenvalue weighted by Gasteiger charge is -2.41. The minimum atomic E-state index is 0.477. The summed E-state index contributed by atoms with van der Waals surface area (Å²) in [5, 5.41) is 4.50. The van der Waals surface area contributed by atoms with Crippen molar-refractivity contribution in [3.05, 3.63) is 34.3 Å². The molecule has 0 aliphatic heterocycles. The molecule has 0 saturated heterocycles. The van der Waals surface area contributed by atoms with Gasteiger partial charge in [0, 0.05) is 5.02 Å². The summed E-state index contributed by atoms with van der Waals surface area (Å²) in [6.07, 6.45) is 5.13. The van der Waals surface area contributed by atoms with E-state index in [4.69, 9.17) is 11.6 Å². The highest BCUT2D eigenvalue weighted by Crippen LogP contribution is 2.43. The molecule has 21 heavy (non-hydrogen) atoms. The molecule has 1 aromatic rings. The Bertz CT molecular complexity index is 467. The lowest BCUT2D eigenvalue weighted by atomic mass is 9.65. The Morgan fingerprint density at radius 2 is 2.05 bits per heavy atom. The first-order chi connectivity index (χ1) is 9.91. The average molecular weight is 308 g/mol. The lowest BCUT2D eigenvalue weighted by molar-refractivity contribution is 0.116. The number of hydrogen-bond acceptors (Lipinski definition) is 1. The van der Waals surface area contributed by atoms with Crippen LogP contribution in [-0.4, -0.2) is 13.1 Å². The van der Waals surface area contributed by atoms with E-state index in [9.17, 15) is 0 Å². The Balaban J connectivity index is 2.11. The molecule has 0 spiro atoms. The third kappa shape index (κ3) is 4.72. The smallest absolute Gasteiger partial charge is 0.0440 e. The maximum atomic E-state index is 6.46. The predicted octanol–water partition coefficient (Wildman–Crippen LogP) is 5.24. The van der Waals surface area contributed by atoms with E-state index in [0.29, 0.717) is 5.41 Å². The Kier molecular flexibility index (Phi) is 5.73. The van der Waals surface area contributed by atoms with Crippen LogP contribution < -0.4 is 5.32 Å². The van der Waals surface area contributed by atoms with Crippen LogP contribution in [0.3, 0.4) is 0 Å². The van der Waals surface area contributed by atoms with Crippen LogP contribution in [0.2, 0.25) is 5.02 Å². The lowest BCUT2D eigenvalue weighted by Crippen LogP contribution is -2.37. The maximum absolute atomic E-state index is 6.46. The molecule has 1 aromatic carbocycles. The van der Waals surface area contributed by atoms with E-state index in [-0.39, 0.29) is 0 Å². The zero-order valence-electron chi connectivity index (χ0n) is 14.0. The Hall–Kier alpha value is -0.530. The van der Waals surface area contributed by atoms with Gasteiger partial charge in [-0.05, 0) is 80.1 Å². The molecular formula is C19H30ClN. The van der Waals surface area contributed by atoms with Gasteiger partial charge in [-0.25, -0.2) is 0 Å². The first-order valence-corrected chi connectivity index (χ1v) is 8.75. The van der Waals surface area contributed by atoms with Crippen molar-refractivity contribution in [1.82, 2.24) is 5.32 Å². The van der Waals surface area contributed by atoms with Gasteiger partial charge in [0.15, 0.2) is 0 Å². The number of halogens is 1. The summed E-state index contributed by atoms with van der Waals surface area (Å²) in [5.41, 5.74) is 3.05. The second kappa shape index (κ2) is 7.15. The average Bonchev–Trinajstić information content (AvgIpc) is 2.40.